The summed E-state index contributed by atoms with van der Waals surface area (Å²) in [6, 6.07) is 0. The molecule has 6 heteroatoms. The van der Waals surface area contributed by atoms with Gasteiger partial charge in [-0.15, -0.1) is 0 Å². The van der Waals surface area contributed by atoms with Crippen LogP contribution in [0, 0.1) is 0 Å². The molecule has 0 saturated heterocycles. The van der Waals surface area contributed by atoms with Crippen LogP contribution in [-0.2, 0) is 0 Å². The number of nitrogens with zero attached hydrogens (tertiary/aromatic N) is 4. The van der Waals surface area contributed by atoms with Crippen LogP contribution >= 0.6 is 0 Å². The van der Waals surface area contributed by atoms with Crippen molar-refractivity contribution in [2.45, 2.75) is 13.8 Å². The van der Waals surface area contributed by atoms with Gasteiger partial charge in [-0.05, 0) is 27.9 Å². The van der Waals surface area contributed by atoms with E-state index >= 15 is 0 Å². The Labute approximate surface area is 114 Å². The molecule has 0 saturated carbocycles. The predicted molar refractivity (Wildman–Crippen MR) is 76.5 cm³/mol. The summed E-state index contributed by atoms with van der Waals surface area (Å²) < 4.78 is 0. The highest BCUT2D eigenvalue weighted by Crippen LogP contribution is 2.06. The van der Waals surface area contributed by atoms with Crippen molar-refractivity contribution in [1.29, 1.82) is 0 Å². The number of hydrogen-bond acceptors (Lipinski definition) is 5. The molecule has 0 aliphatic heterocycles. The normalized spacial score (nSPS) is 10.6. The predicted octanol–water partition coefficient (Wildman–Crippen LogP) is 0.614. The fourth-order valence-corrected chi connectivity index (χ4v) is 1.60. The summed E-state index contributed by atoms with van der Waals surface area (Å²) in [5, 5.41) is 2.83. The van der Waals surface area contributed by atoms with Gasteiger partial charge in [0.1, 0.15) is 0 Å². The highest BCUT2D eigenvalue weighted by atomic mass is 16.1. The van der Waals surface area contributed by atoms with E-state index in [1.54, 1.807) is 12.4 Å². The quantitative estimate of drug-likeness (QED) is 0.783. The Morgan fingerprint density at radius 3 is 2.26 bits per heavy atom. The molecule has 1 amide bonds. The summed E-state index contributed by atoms with van der Waals surface area (Å²) in [4.78, 5) is 24.3. The Morgan fingerprint density at radius 1 is 1.21 bits per heavy atom. The van der Waals surface area contributed by atoms with Crippen molar-refractivity contribution in [3.8, 4) is 0 Å². The standard InChI is InChI=1S/C13H23N5O/c1-5-18(6-2)13-15-9-11(10-16-13)12(19)14-7-8-17(3)4/h9-10H,5-8H2,1-4H3,(H,14,19). The maximum atomic E-state index is 11.8. The Kier molecular flexibility index (Phi) is 6.21. The van der Waals surface area contributed by atoms with Gasteiger partial charge < -0.3 is 15.1 Å². The molecule has 0 radical (unpaired) electrons. The van der Waals surface area contributed by atoms with Crippen LogP contribution in [0.3, 0.4) is 0 Å². The second kappa shape index (κ2) is 7.68. The van der Waals surface area contributed by atoms with E-state index in [9.17, 15) is 4.79 Å². The lowest BCUT2D eigenvalue weighted by molar-refractivity contribution is 0.0950. The van der Waals surface area contributed by atoms with Gasteiger partial charge in [0.25, 0.3) is 5.91 Å². The van der Waals surface area contributed by atoms with Crippen molar-refractivity contribution in [1.82, 2.24) is 20.2 Å². The zero-order chi connectivity index (χ0) is 14.3. The van der Waals surface area contributed by atoms with E-state index in [1.165, 1.54) is 0 Å². The minimum absolute atomic E-state index is 0.132. The van der Waals surface area contributed by atoms with Crippen molar-refractivity contribution >= 4 is 11.9 Å². The average Bonchev–Trinajstić information content (AvgIpc) is 2.40. The third-order valence-corrected chi connectivity index (χ3v) is 2.79. The van der Waals surface area contributed by atoms with Gasteiger partial charge in [-0.1, -0.05) is 0 Å². The molecule has 0 fully saturated rings. The minimum atomic E-state index is -0.132. The molecular formula is C13H23N5O. The van der Waals surface area contributed by atoms with E-state index in [-0.39, 0.29) is 5.91 Å². The van der Waals surface area contributed by atoms with Gasteiger partial charge in [0.2, 0.25) is 5.95 Å². The minimum Gasteiger partial charge on any atom is -0.351 e. The number of nitrogens with one attached hydrogen (secondary N) is 1. The molecule has 19 heavy (non-hydrogen) atoms. The van der Waals surface area contributed by atoms with E-state index in [1.807, 2.05) is 23.9 Å². The largest absolute Gasteiger partial charge is 0.351 e. The number of aromatic nitrogens is 2. The molecule has 0 aromatic carbocycles. The first-order chi connectivity index (χ1) is 9.08. The van der Waals surface area contributed by atoms with Crippen LogP contribution in [0.1, 0.15) is 24.2 Å². The Morgan fingerprint density at radius 2 is 1.79 bits per heavy atom. The van der Waals surface area contributed by atoms with Crippen LogP contribution in [0.2, 0.25) is 0 Å². The number of carbonyl (C=O) groups is 1. The molecule has 6 nitrogen and oxygen atoms in total. The first-order valence-electron chi connectivity index (χ1n) is 6.58. The summed E-state index contributed by atoms with van der Waals surface area (Å²) >= 11 is 0. The van der Waals surface area contributed by atoms with Crippen LogP contribution in [0.5, 0.6) is 0 Å². The smallest absolute Gasteiger partial charge is 0.254 e. The van der Waals surface area contributed by atoms with Crippen LogP contribution < -0.4 is 10.2 Å². The lowest BCUT2D eigenvalue weighted by Crippen LogP contribution is -2.31. The van der Waals surface area contributed by atoms with Gasteiger partial charge in [0, 0.05) is 38.6 Å². The molecule has 0 bridgehead atoms. The Bertz CT molecular complexity index is 387. The van der Waals surface area contributed by atoms with E-state index in [2.05, 4.69) is 29.1 Å². The lowest BCUT2D eigenvalue weighted by atomic mass is 10.3. The van der Waals surface area contributed by atoms with E-state index < -0.39 is 0 Å². The van der Waals surface area contributed by atoms with Gasteiger partial charge in [-0.2, -0.15) is 0 Å². The fraction of sp³-hybridized carbons (Fsp3) is 0.615. The van der Waals surface area contributed by atoms with Gasteiger partial charge >= 0.3 is 0 Å². The number of carbonyl (C=O) groups excluding carboxylic acids is 1. The molecule has 1 heterocycles. The number of rotatable bonds is 7. The highest BCUT2D eigenvalue weighted by Gasteiger charge is 2.09. The van der Waals surface area contributed by atoms with Crippen LogP contribution in [0.15, 0.2) is 12.4 Å². The SMILES string of the molecule is CCN(CC)c1ncc(C(=O)NCCN(C)C)cn1. The van der Waals surface area contributed by atoms with Gasteiger partial charge in [0.15, 0.2) is 0 Å². The second-order valence-electron chi connectivity index (χ2n) is 4.50. The zero-order valence-corrected chi connectivity index (χ0v) is 12.2. The Balaban J connectivity index is 2.58. The molecule has 1 N–H and O–H groups in total. The summed E-state index contributed by atoms with van der Waals surface area (Å²) in [5.74, 6) is 0.530. The van der Waals surface area contributed by atoms with Crippen molar-refractivity contribution in [2.75, 3.05) is 45.2 Å². The van der Waals surface area contributed by atoms with Crippen LogP contribution in [0.25, 0.3) is 0 Å². The van der Waals surface area contributed by atoms with Crippen molar-refractivity contribution in [3.05, 3.63) is 18.0 Å². The maximum Gasteiger partial charge on any atom is 0.254 e. The van der Waals surface area contributed by atoms with Crippen LogP contribution in [-0.4, -0.2) is 61.0 Å². The molecular weight excluding hydrogens is 242 g/mol. The highest BCUT2D eigenvalue weighted by molar-refractivity contribution is 5.93. The van der Waals surface area contributed by atoms with Gasteiger partial charge in [0.05, 0.1) is 5.56 Å². The lowest BCUT2D eigenvalue weighted by Gasteiger charge is -2.18. The molecule has 0 aliphatic rings. The number of likely N-dealkylation sites (N-methyl/N-ethyl adjacent to an activating group) is 1. The molecule has 1 aromatic rings. The number of hydrogen-bond donors (Lipinski definition) is 1. The summed E-state index contributed by atoms with van der Waals surface area (Å²) in [6.07, 6.45) is 3.15. The van der Waals surface area contributed by atoms with Gasteiger partial charge in [-0.3, -0.25) is 4.79 Å². The molecule has 0 aliphatic carbocycles. The average molecular weight is 265 g/mol. The van der Waals surface area contributed by atoms with E-state index in [0.29, 0.717) is 18.1 Å². The van der Waals surface area contributed by atoms with E-state index in [0.717, 1.165) is 19.6 Å². The van der Waals surface area contributed by atoms with Gasteiger partial charge in [-0.25, -0.2) is 9.97 Å². The number of amides is 1. The molecule has 1 rings (SSSR count). The van der Waals surface area contributed by atoms with Crippen molar-refractivity contribution < 1.29 is 4.79 Å². The van der Waals surface area contributed by atoms with Crippen molar-refractivity contribution in [3.63, 3.8) is 0 Å². The molecule has 106 valence electrons. The first-order valence-corrected chi connectivity index (χ1v) is 6.58. The fourth-order valence-electron chi connectivity index (χ4n) is 1.60. The molecule has 0 unspecified atom stereocenters. The Hall–Kier alpha value is -1.69. The zero-order valence-electron chi connectivity index (χ0n) is 12.2. The third kappa shape index (κ3) is 4.82. The van der Waals surface area contributed by atoms with E-state index in [4.69, 9.17) is 0 Å². The third-order valence-electron chi connectivity index (χ3n) is 2.79. The monoisotopic (exact) mass is 265 g/mol. The maximum absolute atomic E-state index is 11.8. The molecule has 1 aromatic heterocycles. The second-order valence-corrected chi connectivity index (χ2v) is 4.50. The molecule has 0 spiro atoms. The topological polar surface area (TPSA) is 61.4 Å². The number of anilines is 1. The van der Waals surface area contributed by atoms with Crippen molar-refractivity contribution in [2.24, 2.45) is 0 Å². The summed E-state index contributed by atoms with van der Waals surface area (Å²) in [7, 11) is 3.93. The molecule has 0 atom stereocenters. The summed E-state index contributed by atoms with van der Waals surface area (Å²) in [6.45, 7) is 7.23. The first kappa shape index (κ1) is 15.4. The summed E-state index contributed by atoms with van der Waals surface area (Å²) in [5.41, 5.74) is 0.495. The van der Waals surface area contributed by atoms with Crippen LogP contribution in [0.4, 0.5) is 5.95 Å².